The topological polar surface area (TPSA) is 75.7 Å². The Kier molecular flexibility index (Phi) is 3.20. The minimum atomic E-state index is 0.463. The molecule has 0 saturated carbocycles. The predicted octanol–water partition coefficient (Wildman–Crippen LogP) is 2.75. The molecule has 6 heteroatoms. The van der Waals surface area contributed by atoms with E-state index in [-0.39, 0.29) is 0 Å². The number of rotatable bonds is 4. The normalized spacial score (nSPS) is 10.7. The summed E-state index contributed by atoms with van der Waals surface area (Å²) in [5.41, 5.74) is 2.48. The molecule has 0 spiro atoms. The van der Waals surface area contributed by atoms with Gasteiger partial charge in [0.05, 0.1) is 6.33 Å². The van der Waals surface area contributed by atoms with Crippen LogP contribution >= 0.6 is 0 Å². The lowest BCUT2D eigenvalue weighted by Crippen LogP contribution is -1.99. The SMILES string of the molecule is CCc1cccc(Oc2nc(NC)nc3nc[nH]c23)c1. The molecule has 0 radical (unpaired) electrons. The molecule has 0 fully saturated rings. The molecule has 102 valence electrons. The first-order valence-electron chi connectivity index (χ1n) is 6.46. The van der Waals surface area contributed by atoms with Crippen LogP contribution in [0.3, 0.4) is 0 Å². The number of fused-ring (bicyclic) bond motifs is 1. The van der Waals surface area contributed by atoms with Crippen molar-refractivity contribution in [3.63, 3.8) is 0 Å². The van der Waals surface area contributed by atoms with Gasteiger partial charge in [-0.1, -0.05) is 19.1 Å². The Hall–Kier alpha value is -2.63. The molecule has 3 rings (SSSR count). The number of aromatic nitrogens is 4. The highest BCUT2D eigenvalue weighted by molar-refractivity contribution is 5.77. The second kappa shape index (κ2) is 5.16. The van der Waals surface area contributed by atoms with E-state index < -0.39 is 0 Å². The molecule has 0 amide bonds. The molecule has 2 aromatic heterocycles. The van der Waals surface area contributed by atoms with E-state index in [4.69, 9.17) is 4.74 Å². The number of anilines is 1. The van der Waals surface area contributed by atoms with Gasteiger partial charge in [-0.2, -0.15) is 9.97 Å². The number of hydrogen-bond donors (Lipinski definition) is 2. The molecule has 0 unspecified atom stereocenters. The Bertz CT molecular complexity index is 737. The van der Waals surface area contributed by atoms with Crippen molar-refractivity contribution in [2.45, 2.75) is 13.3 Å². The van der Waals surface area contributed by atoms with Gasteiger partial charge < -0.3 is 15.0 Å². The van der Waals surface area contributed by atoms with Crippen LogP contribution in [-0.2, 0) is 6.42 Å². The summed E-state index contributed by atoms with van der Waals surface area (Å²) in [5, 5.41) is 2.90. The van der Waals surface area contributed by atoms with Crippen LogP contribution in [0.4, 0.5) is 5.95 Å². The number of H-pyrrole nitrogens is 1. The van der Waals surface area contributed by atoms with Crippen LogP contribution in [0.5, 0.6) is 11.6 Å². The molecule has 3 aromatic rings. The van der Waals surface area contributed by atoms with E-state index in [2.05, 4.69) is 38.2 Å². The van der Waals surface area contributed by atoms with Crippen LogP contribution in [0.15, 0.2) is 30.6 Å². The Balaban J connectivity index is 2.02. The first-order valence-corrected chi connectivity index (χ1v) is 6.46. The summed E-state index contributed by atoms with van der Waals surface area (Å²) in [6.45, 7) is 2.11. The number of nitrogens with one attached hydrogen (secondary N) is 2. The Morgan fingerprint density at radius 3 is 3.00 bits per heavy atom. The number of imidazole rings is 1. The van der Waals surface area contributed by atoms with Gasteiger partial charge in [-0.25, -0.2) is 4.98 Å². The smallest absolute Gasteiger partial charge is 0.250 e. The maximum atomic E-state index is 5.87. The van der Waals surface area contributed by atoms with Crippen LogP contribution in [0, 0.1) is 0 Å². The largest absolute Gasteiger partial charge is 0.437 e. The molecule has 2 N–H and O–H groups in total. The van der Waals surface area contributed by atoms with E-state index >= 15 is 0 Å². The average Bonchev–Trinajstić information content (AvgIpc) is 2.96. The standard InChI is InChI=1S/C14H15N5O/c1-3-9-5-4-6-10(7-9)20-13-11-12(17-8-16-11)18-14(15-2)19-13/h4-8H,3H2,1-2H3,(H2,15,16,17,18,19). The van der Waals surface area contributed by atoms with Crippen molar-refractivity contribution < 1.29 is 4.74 Å². The van der Waals surface area contributed by atoms with Crippen LogP contribution in [0.2, 0.25) is 0 Å². The minimum Gasteiger partial charge on any atom is -0.437 e. The first-order chi connectivity index (χ1) is 9.80. The summed E-state index contributed by atoms with van der Waals surface area (Å²) in [6.07, 6.45) is 2.54. The van der Waals surface area contributed by atoms with E-state index in [1.54, 1.807) is 13.4 Å². The summed E-state index contributed by atoms with van der Waals surface area (Å²) in [7, 11) is 1.76. The molecule has 1 aromatic carbocycles. The van der Waals surface area contributed by atoms with Gasteiger partial charge in [-0.15, -0.1) is 0 Å². The fourth-order valence-corrected chi connectivity index (χ4v) is 1.93. The van der Waals surface area contributed by atoms with Crippen molar-refractivity contribution >= 4 is 17.1 Å². The zero-order valence-corrected chi connectivity index (χ0v) is 11.3. The van der Waals surface area contributed by atoms with Crippen LogP contribution in [0.25, 0.3) is 11.2 Å². The van der Waals surface area contributed by atoms with Crippen molar-refractivity contribution in [3.8, 4) is 11.6 Å². The third-order valence-electron chi connectivity index (χ3n) is 3.00. The quantitative estimate of drug-likeness (QED) is 0.761. The fourth-order valence-electron chi connectivity index (χ4n) is 1.93. The molecular weight excluding hydrogens is 254 g/mol. The van der Waals surface area contributed by atoms with Crippen molar-refractivity contribution in [2.75, 3.05) is 12.4 Å². The highest BCUT2D eigenvalue weighted by Gasteiger charge is 2.11. The number of benzene rings is 1. The molecule has 20 heavy (non-hydrogen) atoms. The minimum absolute atomic E-state index is 0.463. The van der Waals surface area contributed by atoms with Crippen molar-refractivity contribution in [1.82, 2.24) is 19.9 Å². The number of aryl methyl sites for hydroxylation is 1. The molecule has 0 saturated heterocycles. The second-order valence-electron chi connectivity index (χ2n) is 4.31. The molecule has 2 heterocycles. The molecule has 6 nitrogen and oxygen atoms in total. The van der Waals surface area contributed by atoms with Gasteiger partial charge in [-0.3, -0.25) is 0 Å². The van der Waals surface area contributed by atoms with Gasteiger partial charge in [0, 0.05) is 7.05 Å². The summed E-state index contributed by atoms with van der Waals surface area (Å²) < 4.78 is 5.87. The van der Waals surface area contributed by atoms with Crippen LogP contribution in [0.1, 0.15) is 12.5 Å². The zero-order valence-electron chi connectivity index (χ0n) is 11.3. The van der Waals surface area contributed by atoms with E-state index in [9.17, 15) is 0 Å². The van der Waals surface area contributed by atoms with E-state index in [0.717, 1.165) is 12.2 Å². The second-order valence-corrected chi connectivity index (χ2v) is 4.31. The van der Waals surface area contributed by atoms with Gasteiger partial charge in [0.1, 0.15) is 11.3 Å². The number of ether oxygens (including phenoxy) is 1. The zero-order chi connectivity index (χ0) is 13.9. The van der Waals surface area contributed by atoms with E-state index in [1.165, 1.54) is 5.56 Å². The van der Waals surface area contributed by atoms with Gasteiger partial charge >= 0.3 is 0 Å². The van der Waals surface area contributed by atoms with Crippen molar-refractivity contribution in [2.24, 2.45) is 0 Å². The molecule has 0 aliphatic rings. The molecule has 0 bridgehead atoms. The van der Waals surface area contributed by atoms with Crippen LogP contribution in [-0.4, -0.2) is 27.0 Å². The highest BCUT2D eigenvalue weighted by Crippen LogP contribution is 2.26. The lowest BCUT2D eigenvalue weighted by Gasteiger charge is -2.08. The summed E-state index contributed by atoms with van der Waals surface area (Å²) in [4.78, 5) is 15.7. The van der Waals surface area contributed by atoms with Crippen molar-refractivity contribution in [3.05, 3.63) is 36.2 Å². The molecule has 0 aliphatic heterocycles. The number of aromatic amines is 1. The summed E-state index contributed by atoms with van der Waals surface area (Å²) >= 11 is 0. The number of nitrogens with zero attached hydrogens (tertiary/aromatic N) is 3. The Morgan fingerprint density at radius 1 is 1.30 bits per heavy atom. The van der Waals surface area contributed by atoms with E-state index in [0.29, 0.717) is 23.0 Å². The molecule has 0 atom stereocenters. The average molecular weight is 269 g/mol. The number of hydrogen-bond acceptors (Lipinski definition) is 5. The summed E-state index contributed by atoms with van der Waals surface area (Å²) in [6, 6.07) is 7.95. The monoisotopic (exact) mass is 269 g/mol. The lowest BCUT2D eigenvalue weighted by atomic mass is 10.2. The summed E-state index contributed by atoms with van der Waals surface area (Å²) in [5.74, 6) is 1.69. The Morgan fingerprint density at radius 2 is 2.20 bits per heavy atom. The maximum absolute atomic E-state index is 5.87. The highest BCUT2D eigenvalue weighted by atomic mass is 16.5. The van der Waals surface area contributed by atoms with Crippen molar-refractivity contribution in [1.29, 1.82) is 0 Å². The lowest BCUT2D eigenvalue weighted by molar-refractivity contribution is 0.467. The third-order valence-corrected chi connectivity index (χ3v) is 3.00. The molecule has 0 aliphatic carbocycles. The fraction of sp³-hybridized carbons (Fsp3) is 0.214. The van der Waals surface area contributed by atoms with Gasteiger partial charge in [-0.05, 0) is 24.1 Å². The van der Waals surface area contributed by atoms with Gasteiger partial charge in [0.15, 0.2) is 5.65 Å². The van der Waals surface area contributed by atoms with Gasteiger partial charge in [0.25, 0.3) is 5.88 Å². The van der Waals surface area contributed by atoms with Gasteiger partial charge in [0.2, 0.25) is 5.95 Å². The molecular formula is C14H15N5O. The van der Waals surface area contributed by atoms with E-state index in [1.807, 2.05) is 18.2 Å². The van der Waals surface area contributed by atoms with Crippen LogP contribution < -0.4 is 10.1 Å². The third kappa shape index (κ3) is 2.27. The Labute approximate surface area is 116 Å². The maximum Gasteiger partial charge on any atom is 0.250 e. The first kappa shape index (κ1) is 12.4. The predicted molar refractivity (Wildman–Crippen MR) is 77.1 cm³/mol.